The van der Waals surface area contributed by atoms with Crippen molar-refractivity contribution in [2.24, 2.45) is 5.92 Å². The molecule has 1 fully saturated rings. The van der Waals surface area contributed by atoms with Gasteiger partial charge >= 0.3 is 0 Å². The van der Waals surface area contributed by atoms with Crippen molar-refractivity contribution < 1.29 is 13.5 Å². The summed E-state index contributed by atoms with van der Waals surface area (Å²) in [6.45, 7) is 0. The van der Waals surface area contributed by atoms with Gasteiger partial charge in [0, 0.05) is 28.7 Å². The Labute approximate surface area is 150 Å². The number of pyridine rings is 2. The van der Waals surface area contributed by atoms with Gasteiger partial charge in [-0.05, 0) is 48.1 Å². The normalized spacial score (nSPS) is 17.8. The molecule has 1 aliphatic heterocycles. The van der Waals surface area contributed by atoms with Gasteiger partial charge in [0.1, 0.15) is 5.75 Å². The highest BCUT2D eigenvalue weighted by molar-refractivity contribution is 7.95. The van der Waals surface area contributed by atoms with Crippen molar-refractivity contribution in [1.82, 2.24) is 9.97 Å². The van der Waals surface area contributed by atoms with Crippen LogP contribution in [0.1, 0.15) is 18.4 Å². The Hall–Kier alpha value is -2.93. The third-order valence-electron chi connectivity index (χ3n) is 4.76. The molecule has 2 aliphatic rings. The number of nitrogens with zero attached hydrogens (tertiary/aromatic N) is 2. The fourth-order valence-corrected chi connectivity index (χ4v) is 4.95. The van der Waals surface area contributed by atoms with E-state index in [0.717, 1.165) is 29.5 Å². The summed E-state index contributed by atoms with van der Waals surface area (Å²) in [5.74, 6) is 0.401. The third-order valence-corrected chi connectivity index (χ3v) is 6.28. The lowest BCUT2D eigenvalue weighted by molar-refractivity contribution is 0.473. The zero-order chi connectivity index (χ0) is 17.9. The number of fused-ring (bicyclic) bond motifs is 2. The van der Waals surface area contributed by atoms with Crippen LogP contribution in [0.5, 0.6) is 5.75 Å². The van der Waals surface area contributed by atoms with Gasteiger partial charge in [-0.15, -0.1) is 0 Å². The largest absolute Gasteiger partial charge is 0.506 e. The van der Waals surface area contributed by atoms with Crippen LogP contribution in [-0.4, -0.2) is 23.5 Å². The van der Waals surface area contributed by atoms with Gasteiger partial charge in [0.2, 0.25) is 9.84 Å². The number of allylic oxidation sites excluding steroid dienone is 1. The van der Waals surface area contributed by atoms with Gasteiger partial charge in [-0.2, -0.15) is 0 Å². The summed E-state index contributed by atoms with van der Waals surface area (Å²) in [5.41, 5.74) is 3.74. The maximum absolute atomic E-state index is 12.6. The standard InChI is InChI=1S/C19H15N3O3S/c23-13-5-12(8-20-9-13)22-17-3-4-21-18-6-14-16(11-1-2-11)10-26(24,25)19(14)7-15(17)18/h3-11,23H,1-2H2,(H,21,22). The van der Waals surface area contributed by atoms with Crippen molar-refractivity contribution in [1.29, 1.82) is 0 Å². The molecule has 5 rings (SSSR count). The van der Waals surface area contributed by atoms with Crippen molar-refractivity contribution in [2.45, 2.75) is 17.7 Å². The van der Waals surface area contributed by atoms with Crippen molar-refractivity contribution >= 4 is 37.7 Å². The van der Waals surface area contributed by atoms with Gasteiger partial charge in [-0.1, -0.05) is 0 Å². The Morgan fingerprint density at radius 1 is 1.15 bits per heavy atom. The predicted octanol–water partition coefficient (Wildman–Crippen LogP) is 3.62. The first-order chi connectivity index (χ1) is 12.5. The first-order valence-electron chi connectivity index (χ1n) is 8.32. The molecule has 1 aliphatic carbocycles. The number of aromatic hydroxyl groups is 1. The number of hydrogen-bond acceptors (Lipinski definition) is 6. The van der Waals surface area contributed by atoms with Crippen LogP contribution in [-0.2, 0) is 9.84 Å². The van der Waals surface area contributed by atoms with E-state index in [-0.39, 0.29) is 5.75 Å². The minimum Gasteiger partial charge on any atom is -0.506 e. The van der Waals surface area contributed by atoms with Crippen LogP contribution >= 0.6 is 0 Å². The fourth-order valence-electron chi connectivity index (χ4n) is 3.40. The van der Waals surface area contributed by atoms with E-state index in [2.05, 4.69) is 15.3 Å². The fraction of sp³-hybridized carbons (Fsp3) is 0.158. The molecule has 0 spiro atoms. The molecule has 3 heterocycles. The zero-order valence-electron chi connectivity index (χ0n) is 13.7. The van der Waals surface area contributed by atoms with Crippen LogP contribution in [0, 0.1) is 5.92 Å². The maximum atomic E-state index is 12.6. The first-order valence-corrected chi connectivity index (χ1v) is 9.87. The van der Waals surface area contributed by atoms with Crippen molar-refractivity contribution in [3.63, 3.8) is 0 Å². The molecule has 130 valence electrons. The van der Waals surface area contributed by atoms with Gasteiger partial charge in [0.15, 0.2) is 0 Å². The summed E-state index contributed by atoms with van der Waals surface area (Å²) < 4.78 is 25.2. The number of hydrogen-bond donors (Lipinski definition) is 2. The van der Waals surface area contributed by atoms with E-state index >= 15 is 0 Å². The number of nitrogens with one attached hydrogen (secondary N) is 1. The van der Waals surface area contributed by atoms with Gasteiger partial charge in [0.25, 0.3) is 0 Å². The van der Waals surface area contributed by atoms with Gasteiger partial charge in [-0.25, -0.2) is 8.42 Å². The number of sulfone groups is 1. The zero-order valence-corrected chi connectivity index (χ0v) is 14.5. The molecule has 1 aromatic carbocycles. The Morgan fingerprint density at radius 2 is 2.00 bits per heavy atom. The summed E-state index contributed by atoms with van der Waals surface area (Å²) in [7, 11) is -3.42. The van der Waals surface area contributed by atoms with E-state index in [0.29, 0.717) is 27.6 Å². The molecule has 1 saturated carbocycles. The Morgan fingerprint density at radius 3 is 2.77 bits per heavy atom. The molecular weight excluding hydrogens is 350 g/mol. The highest BCUT2D eigenvalue weighted by Crippen LogP contribution is 2.49. The lowest BCUT2D eigenvalue weighted by Crippen LogP contribution is -1.97. The van der Waals surface area contributed by atoms with Crippen molar-refractivity contribution in [3.05, 3.63) is 53.8 Å². The number of benzene rings is 1. The van der Waals surface area contributed by atoms with E-state index in [1.54, 1.807) is 30.6 Å². The number of aromatic nitrogens is 2. The van der Waals surface area contributed by atoms with Gasteiger partial charge in [-0.3, -0.25) is 9.97 Å². The summed E-state index contributed by atoms with van der Waals surface area (Å²) >= 11 is 0. The Bertz CT molecular complexity index is 1200. The van der Waals surface area contributed by atoms with E-state index in [1.807, 2.05) is 6.07 Å². The van der Waals surface area contributed by atoms with E-state index < -0.39 is 9.84 Å². The average molecular weight is 365 g/mol. The highest BCUT2D eigenvalue weighted by atomic mass is 32.2. The molecule has 2 N–H and O–H groups in total. The SMILES string of the molecule is O=S1(=O)C=C(C2CC2)c2cc3nccc(Nc4cncc(O)c4)c3cc21. The highest BCUT2D eigenvalue weighted by Gasteiger charge is 2.36. The van der Waals surface area contributed by atoms with E-state index in [1.165, 1.54) is 11.6 Å². The lowest BCUT2D eigenvalue weighted by atomic mass is 10.0. The van der Waals surface area contributed by atoms with E-state index in [9.17, 15) is 13.5 Å². The van der Waals surface area contributed by atoms with Crippen molar-refractivity contribution in [2.75, 3.05) is 5.32 Å². The quantitative estimate of drug-likeness (QED) is 0.736. The first kappa shape index (κ1) is 15.3. The molecule has 6 nitrogen and oxygen atoms in total. The minimum atomic E-state index is -3.42. The van der Waals surface area contributed by atoms with Crippen molar-refractivity contribution in [3.8, 4) is 5.75 Å². The molecule has 3 aromatic rings. The van der Waals surface area contributed by atoms with Crippen LogP contribution in [0.3, 0.4) is 0 Å². The second-order valence-corrected chi connectivity index (χ2v) is 8.44. The topological polar surface area (TPSA) is 92.2 Å². The van der Waals surface area contributed by atoms with Crippen LogP contribution in [0.4, 0.5) is 11.4 Å². The van der Waals surface area contributed by atoms with Crippen LogP contribution in [0.2, 0.25) is 0 Å². The molecule has 26 heavy (non-hydrogen) atoms. The second-order valence-electron chi connectivity index (χ2n) is 6.67. The minimum absolute atomic E-state index is 0.0510. The van der Waals surface area contributed by atoms with Gasteiger partial charge < -0.3 is 10.4 Å². The molecule has 0 bridgehead atoms. The summed E-state index contributed by atoms with van der Waals surface area (Å²) in [6.07, 6.45) is 6.69. The Balaban J connectivity index is 1.67. The summed E-state index contributed by atoms with van der Waals surface area (Å²) in [6, 6.07) is 6.88. The molecule has 0 radical (unpaired) electrons. The monoisotopic (exact) mass is 365 g/mol. The molecule has 2 aromatic heterocycles. The average Bonchev–Trinajstić information content (AvgIpc) is 3.40. The molecule has 7 heteroatoms. The second kappa shape index (κ2) is 5.28. The summed E-state index contributed by atoms with van der Waals surface area (Å²) in [5, 5.41) is 14.9. The van der Waals surface area contributed by atoms with Crippen LogP contribution < -0.4 is 5.32 Å². The van der Waals surface area contributed by atoms with Crippen LogP contribution in [0.25, 0.3) is 16.5 Å². The maximum Gasteiger partial charge on any atom is 0.200 e. The predicted molar refractivity (Wildman–Crippen MR) is 98.8 cm³/mol. The molecule has 0 amide bonds. The third kappa shape index (κ3) is 2.43. The molecule has 0 unspecified atom stereocenters. The molecular formula is C19H15N3O3S. The number of rotatable bonds is 3. The number of anilines is 2. The molecule has 0 atom stereocenters. The Kier molecular flexibility index (Phi) is 3.12. The molecule has 0 saturated heterocycles. The van der Waals surface area contributed by atoms with Gasteiger partial charge in [0.05, 0.1) is 28.5 Å². The van der Waals surface area contributed by atoms with Crippen LogP contribution in [0.15, 0.2) is 53.2 Å². The lowest BCUT2D eigenvalue weighted by Gasteiger charge is -2.11. The summed E-state index contributed by atoms with van der Waals surface area (Å²) in [4.78, 5) is 8.70. The van der Waals surface area contributed by atoms with E-state index in [4.69, 9.17) is 0 Å². The smallest absolute Gasteiger partial charge is 0.200 e.